The highest BCUT2D eigenvalue weighted by atomic mass is 16.1. The van der Waals surface area contributed by atoms with Crippen LogP contribution in [0.1, 0.15) is 91.9 Å². The number of hydrogen-bond donors (Lipinski definition) is 0. The Morgan fingerprint density at radius 2 is 1.62 bits per heavy atom. The Morgan fingerprint density at radius 3 is 2.33 bits per heavy atom. The predicted octanol–water partition coefficient (Wildman–Crippen LogP) is 6.26. The van der Waals surface area contributed by atoms with Gasteiger partial charge in [0.25, 0.3) is 0 Å². The van der Waals surface area contributed by atoms with Crippen LogP contribution in [0.5, 0.6) is 0 Å². The molecule has 0 N–H and O–H groups in total. The first-order valence-electron chi connectivity index (χ1n) is 10.9. The van der Waals surface area contributed by atoms with E-state index in [2.05, 4.69) is 20.8 Å². The molecule has 0 saturated heterocycles. The van der Waals surface area contributed by atoms with Crippen LogP contribution in [0.25, 0.3) is 0 Å². The highest BCUT2D eigenvalue weighted by molar-refractivity contribution is 5.79. The number of rotatable bonds is 2. The zero-order valence-electron chi connectivity index (χ0n) is 16.4. The van der Waals surface area contributed by atoms with Crippen molar-refractivity contribution in [3.63, 3.8) is 0 Å². The van der Waals surface area contributed by atoms with Crippen LogP contribution < -0.4 is 0 Å². The largest absolute Gasteiger partial charge is 0.300 e. The van der Waals surface area contributed by atoms with E-state index in [4.69, 9.17) is 0 Å². The Balaban J connectivity index is 1.59. The zero-order valence-corrected chi connectivity index (χ0v) is 16.4. The molecule has 0 aromatic carbocycles. The summed E-state index contributed by atoms with van der Waals surface area (Å²) in [5, 5.41) is 0. The summed E-state index contributed by atoms with van der Waals surface area (Å²) in [4.78, 5) is 12.2. The van der Waals surface area contributed by atoms with Crippen LogP contribution in [0.3, 0.4) is 0 Å². The second-order valence-electron chi connectivity index (χ2n) is 10.5. The first kappa shape index (κ1) is 17.1. The van der Waals surface area contributed by atoms with Crippen LogP contribution in [0.4, 0.5) is 0 Å². The molecule has 0 heterocycles. The average molecular weight is 331 g/mol. The van der Waals surface area contributed by atoms with Crippen molar-refractivity contribution in [1.29, 1.82) is 0 Å². The van der Waals surface area contributed by atoms with Gasteiger partial charge in [-0.3, -0.25) is 4.79 Å². The fourth-order valence-corrected chi connectivity index (χ4v) is 8.39. The van der Waals surface area contributed by atoms with Crippen molar-refractivity contribution in [3.8, 4) is 0 Å². The van der Waals surface area contributed by atoms with Gasteiger partial charge in [-0.25, -0.2) is 0 Å². The lowest BCUT2D eigenvalue weighted by atomic mass is 9.44. The van der Waals surface area contributed by atoms with Gasteiger partial charge in [0.1, 0.15) is 5.78 Å². The van der Waals surface area contributed by atoms with Crippen LogP contribution in [0.2, 0.25) is 0 Å². The number of ketones is 1. The molecule has 0 aliphatic heterocycles. The van der Waals surface area contributed by atoms with Gasteiger partial charge in [0.05, 0.1) is 0 Å². The Labute approximate surface area is 149 Å². The lowest BCUT2D eigenvalue weighted by molar-refractivity contribution is -0.135. The van der Waals surface area contributed by atoms with Crippen LogP contribution in [-0.2, 0) is 4.79 Å². The first-order chi connectivity index (χ1) is 11.4. The highest BCUT2D eigenvalue weighted by Crippen LogP contribution is 2.67. The average Bonchev–Trinajstić information content (AvgIpc) is 2.91. The monoisotopic (exact) mass is 330 g/mol. The summed E-state index contributed by atoms with van der Waals surface area (Å²) in [6.45, 7) is 9.40. The predicted molar refractivity (Wildman–Crippen MR) is 99.7 cm³/mol. The molecule has 0 bridgehead atoms. The van der Waals surface area contributed by atoms with Crippen LogP contribution in [0, 0.1) is 46.3 Å². The third-order valence-corrected chi connectivity index (χ3v) is 9.84. The van der Waals surface area contributed by atoms with Crippen LogP contribution >= 0.6 is 0 Å². The fourth-order valence-electron chi connectivity index (χ4n) is 8.39. The maximum Gasteiger partial charge on any atom is 0.133 e. The third kappa shape index (κ3) is 2.28. The summed E-state index contributed by atoms with van der Waals surface area (Å²) >= 11 is 0. The summed E-state index contributed by atoms with van der Waals surface area (Å²) in [6, 6.07) is 0. The molecule has 4 rings (SSSR count). The van der Waals surface area contributed by atoms with E-state index >= 15 is 0 Å². The van der Waals surface area contributed by atoms with Crippen LogP contribution in [0.15, 0.2) is 0 Å². The normalized spacial score (nSPS) is 53.8. The Bertz CT molecular complexity index is 510. The maximum atomic E-state index is 12.2. The third-order valence-electron chi connectivity index (χ3n) is 9.84. The molecule has 3 unspecified atom stereocenters. The molecule has 0 aromatic heterocycles. The molecule has 136 valence electrons. The summed E-state index contributed by atoms with van der Waals surface area (Å²) in [6.07, 6.45) is 14.0. The molecule has 4 saturated carbocycles. The standard InChI is InChI=1S/C23H38O/c1-5-16-10-12-22(3)17(14-16)6-7-18-20-9-8-19(15(2)24)23(20,4)13-11-21(18)22/h16-21H,5-14H2,1-4H3/t16-,17-,18?,19+,20?,21?,22-,23+/m0/s1. The summed E-state index contributed by atoms with van der Waals surface area (Å²) < 4.78 is 0. The molecule has 24 heavy (non-hydrogen) atoms. The summed E-state index contributed by atoms with van der Waals surface area (Å²) in [5.41, 5.74) is 0.945. The van der Waals surface area contributed by atoms with E-state index in [0.29, 0.717) is 22.5 Å². The van der Waals surface area contributed by atoms with Crippen molar-refractivity contribution < 1.29 is 4.79 Å². The molecule has 1 nitrogen and oxygen atoms in total. The molecule has 0 radical (unpaired) electrons. The van der Waals surface area contributed by atoms with Crippen molar-refractivity contribution >= 4 is 5.78 Å². The van der Waals surface area contributed by atoms with E-state index in [1.165, 1.54) is 64.2 Å². The Morgan fingerprint density at radius 1 is 0.917 bits per heavy atom. The summed E-state index contributed by atoms with van der Waals surface area (Å²) in [7, 11) is 0. The summed E-state index contributed by atoms with van der Waals surface area (Å²) in [5.74, 6) is 5.55. The van der Waals surface area contributed by atoms with Crippen molar-refractivity contribution in [2.24, 2.45) is 46.3 Å². The Kier molecular flexibility index (Phi) is 4.17. The molecule has 8 atom stereocenters. The second kappa shape index (κ2) is 5.85. The van der Waals surface area contributed by atoms with Crippen molar-refractivity contribution in [2.45, 2.75) is 91.9 Å². The topological polar surface area (TPSA) is 17.1 Å². The maximum absolute atomic E-state index is 12.2. The van der Waals surface area contributed by atoms with Crippen molar-refractivity contribution in [2.75, 3.05) is 0 Å². The van der Waals surface area contributed by atoms with Gasteiger partial charge in [-0.1, -0.05) is 27.2 Å². The molecule has 0 amide bonds. The van der Waals surface area contributed by atoms with Gasteiger partial charge in [0, 0.05) is 5.92 Å². The van der Waals surface area contributed by atoms with Crippen LogP contribution in [-0.4, -0.2) is 5.78 Å². The second-order valence-corrected chi connectivity index (χ2v) is 10.5. The fraction of sp³-hybridized carbons (Fsp3) is 0.957. The zero-order chi connectivity index (χ0) is 17.1. The minimum atomic E-state index is 0.330. The van der Waals surface area contributed by atoms with Crippen molar-refractivity contribution in [1.82, 2.24) is 0 Å². The van der Waals surface area contributed by atoms with Gasteiger partial charge in [-0.2, -0.15) is 0 Å². The molecular weight excluding hydrogens is 292 g/mol. The first-order valence-corrected chi connectivity index (χ1v) is 10.9. The highest BCUT2D eigenvalue weighted by Gasteiger charge is 2.60. The van der Waals surface area contributed by atoms with Crippen molar-refractivity contribution in [3.05, 3.63) is 0 Å². The van der Waals surface area contributed by atoms with E-state index in [1.807, 2.05) is 6.92 Å². The van der Waals surface area contributed by atoms with Gasteiger partial charge in [-0.05, 0) is 105 Å². The molecular formula is C23H38O. The molecule has 4 aliphatic carbocycles. The van der Waals surface area contributed by atoms with Gasteiger partial charge >= 0.3 is 0 Å². The van der Waals surface area contributed by atoms with E-state index in [-0.39, 0.29) is 0 Å². The minimum absolute atomic E-state index is 0.330. The lowest BCUT2D eigenvalue weighted by Crippen LogP contribution is -2.53. The quantitative estimate of drug-likeness (QED) is 0.584. The molecule has 0 spiro atoms. The number of fused-ring (bicyclic) bond motifs is 5. The Hall–Kier alpha value is -0.330. The molecule has 1 heteroatoms. The number of hydrogen-bond acceptors (Lipinski definition) is 1. The SMILES string of the molecule is CC[C@H]1CC[C@]2(C)C3CC[C@@]4(C)C(CC[C@@H]4C(C)=O)C3CC[C@H]2C1. The molecule has 4 aliphatic rings. The lowest BCUT2D eigenvalue weighted by Gasteiger charge is -2.61. The minimum Gasteiger partial charge on any atom is -0.300 e. The smallest absolute Gasteiger partial charge is 0.133 e. The number of carbonyl (C=O) groups is 1. The molecule has 4 fully saturated rings. The van der Waals surface area contributed by atoms with Gasteiger partial charge in [0.15, 0.2) is 0 Å². The van der Waals surface area contributed by atoms with Gasteiger partial charge in [0.2, 0.25) is 0 Å². The van der Waals surface area contributed by atoms with Gasteiger partial charge < -0.3 is 0 Å². The number of Topliss-reactive ketones (excluding diaryl/α,β-unsaturated/α-hetero) is 1. The molecule has 0 aromatic rings. The van der Waals surface area contributed by atoms with E-state index < -0.39 is 0 Å². The van der Waals surface area contributed by atoms with E-state index in [1.54, 1.807) is 0 Å². The van der Waals surface area contributed by atoms with E-state index in [9.17, 15) is 4.79 Å². The van der Waals surface area contributed by atoms with Gasteiger partial charge in [-0.15, -0.1) is 0 Å². The van der Waals surface area contributed by atoms with E-state index in [0.717, 1.165) is 29.6 Å². The number of carbonyl (C=O) groups excluding carboxylic acids is 1.